The molecule has 0 amide bonds. The second-order valence-corrected chi connectivity index (χ2v) is 2.95. The molecule has 50 valence electrons. The molecule has 0 radical (unpaired) electrons. The Kier molecular flexibility index (Phi) is 1.75. The van der Waals surface area contributed by atoms with Crippen LogP contribution in [0.1, 0.15) is 39.0 Å². The lowest BCUT2D eigenvalue weighted by atomic mass is 9.85. The van der Waals surface area contributed by atoms with E-state index in [4.69, 9.17) is 5.26 Å². The van der Waals surface area contributed by atoms with Gasteiger partial charge in [-0.2, -0.15) is 5.26 Å². The maximum Gasteiger partial charge on any atom is 0.0689 e. The topological polar surface area (TPSA) is 23.8 Å². The van der Waals surface area contributed by atoms with E-state index in [0.717, 1.165) is 19.3 Å². The van der Waals surface area contributed by atoms with E-state index in [1.165, 1.54) is 12.8 Å². The predicted molar refractivity (Wildman–Crippen MR) is 36.8 cm³/mol. The fourth-order valence-corrected chi connectivity index (χ4v) is 1.60. The van der Waals surface area contributed by atoms with Crippen LogP contribution in [0.2, 0.25) is 0 Å². The van der Waals surface area contributed by atoms with Crippen molar-refractivity contribution in [3.8, 4) is 6.07 Å². The highest BCUT2D eigenvalue weighted by molar-refractivity contribution is 5.00. The van der Waals surface area contributed by atoms with Crippen molar-refractivity contribution in [2.45, 2.75) is 39.0 Å². The summed E-state index contributed by atoms with van der Waals surface area (Å²) in [5, 5.41) is 8.77. The molecular formula is C8H13N. The zero-order valence-corrected chi connectivity index (χ0v) is 5.98. The van der Waals surface area contributed by atoms with E-state index in [1.807, 2.05) is 0 Å². The van der Waals surface area contributed by atoms with Crippen molar-refractivity contribution in [1.82, 2.24) is 0 Å². The number of nitriles is 1. The fraction of sp³-hybridized carbons (Fsp3) is 0.875. The average molecular weight is 123 g/mol. The van der Waals surface area contributed by atoms with Crippen molar-refractivity contribution in [3.05, 3.63) is 0 Å². The van der Waals surface area contributed by atoms with Crippen molar-refractivity contribution >= 4 is 0 Å². The third-order valence-corrected chi connectivity index (χ3v) is 2.47. The molecule has 0 aromatic heterocycles. The van der Waals surface area contributed by atoms with Crippen LogP contribution in [0, 0.1) is 16.7 Å². The first-order valence-corrected chi connectivity index (χ1v) is 3.74. The molecular weight excluding hydrogens is 110 g/mol. The molecule has 0 aliphatic heterocycles. The minimum Gasteiger partial charge on any atom is -0.198 e. The lowest BCUT2D eigenvalue weighted by molar-refractivity contribution is 0.395. The van der Waals surface area contributed by atoms with Crippen LogP contribution < -0.4 is 0 Å². The molecule has 1 rings (SSSR count). The van der Waals surface area contributed by atoms with Crippen LogP contribution in [0.25, 0.3) is 0 Å². The monoisotopic (exact) mass is 123 g/mol. The smallest absolute Gasteiger partial charge is 0.0689 e. The van der Waals surface area contributed by atoms with Crippen LogP contribution in [0.3, 0.4) is 0 Å². The van der Waals surface area contributed by atoms with Gasteiger partial charge in [0.15, 0.2) is 0 Å². The Hall–Kier alpha value is -0.510. The van der Waals surface area contributed by atoms with Gasteiger partial charge < -0.3 is 0 Å². The quantitative estimate of drug-likeness (QED) is 0.525. The number of hydrogen-bond donors (Lipinski definition) is 0. The van der Waals surface area contributed by atoms with E-state index in [9.17, 15) is 0 Å². The molecule has 1 aliphatic rings. The number of rotatable bonds is 1. The van der Waals surface area contributed by atoms with Gasteiger partial charge in [0, 0.05) is 0 Å². The Morgan fingerprint density at radius 3 is 2.22 bits per heavy atom. The van der Waals surface area contributed by atoms with Crippen LogP contribution in [-0.4, -0.2) is 0 Å². The summed E-state index contributed by atoms with van der Waals surface area (Å²) in [6.45, 7) is 2.12. The zero-order valence-electron chi connectivity index (χ0n) is 5.98. The lowest BCUT2D eigenvalue weighted by Gasteiger charge is -2.15. The SMILES string of the molecule is CCC1(C#N)CCCC1. The standard InChI is InChI=1S/C8H13N/c1-2-8(7-9)5-3-4-6-8/h2-6H2,1H3. The van der Waals surface area contributed by atoms with Crippen LogP contribution in [0.15, 0.2) is 0 Å². The zero-order chi connectivity index (χ0) is 6.74. The Bertz CT molecular complexity index is 126. The van der Waals surface area contributed by atoms with E-state index in [1.54, 1.807) is 0 Å². The van der Waals surface area contributed by atoms with Gasteiger partial charge in [0.2, 0.25) is 0 Å². The molecule has 0 unspecified atom stereocenters. The van der Waals surface area contributed by atoms with Crippen molar-refractivity contribution in [2.24, 2.45) is 5.41 Å². The van der Waals surface area contributed by atoms with Gasteiger partial charge in [0.25, 0.3) is 0 Å². The number of nitrogens with zero attached hydrogens (tertiary/aromatic N) is 1. The maximum atomic E-state index is 8.77. The summed E-state index contributed by atoms with van der Waals surface area (Å²) in [6, 6.07) is 2.43. The summed E-state index contributed by atoms with van der Waals surface area (Å²) >= 11 is 0. The summed E-state index contributed by atoms with van der Waals surface area (Å²) in [6.07, 6.45) is 5.85. The molecule has 1 saturated carbocycles. The minimum absolute atomic E-state index is 0.0833. The molecule has 0 atom stereocenters. The molecule has 1 fully saturated rings. The lowest BCUT2D eigenvalue weighted by Crippen LogP contribution is -2.10. The molecule has 1 aliphatic carbocycles. The number of hydrogen-bond acceptors (Lipinski definition) is 1. The van der Waals surface area contributed by atoms with Gasteiger partial charge in [-0.05, 0) is 19.3 Å². The van der Waals surface area contributed by atoms with Crippen molar-refractivity contribution in [1.29, 1.82) is 5.26 Å². The molecule has 9 heavy (non-hydrogen) atoms. The van der Waals surface area contributed by atoms with Gasteiger partial charge in [-0.1, -0.05) is 19.8 Å². The minimum atomic E-state index is 0.0833. The molecule has 0 heterocycles. The summed E-state index contributed by atoms with van der Waals surface area (Å²) in [7, 11) is 0. The highest BCUT2D eigenvalue weighted by Crippen LogP contribution is 2.39. The third kappa shape index (κ3) is 1.08. The van der Waals surface area contributed by atoms with E-state index in [-0.39, 0.29) is 5.41 Å². The summed E-state index contributed by atoms with van der Waals surface area (Å²) in [4.78, 5) is 0. The predicted octanol–water partition coefficient (Wildman–Crippen LogP) is 2.48. The Labute approximate surface area is 56.7 Å². The Morgan fingerprint density at radius 2 is 2.00 bits per heavy atom. The van der Waals surface area contributed by atoms with E-state index < -0.39 is 0 Å². The molecule has 0 spiro atoms. The van der Waals surface area contributed by atoms with Gasteiger partial charge in [0.1, 0.15) is 0 Å². The fourth-order valence-electron chi connectivity index (χ4n) is 1.60. The van der Waals surface area contributed by atoms with E-state index in [0.29, 0.717) is 0 Å². The second-order valence-electron chi connectivity index (χ2n) is 2.95. The average Bonchev–Trinajstić information content (AvgIpc) is 2.36. The summed E-state index contributed by atoms with van der Waals surface area (Å²) in [5.41, 5.74) is 0.0833. The van der Waals surface area contributed by atoms with Crippen molar-refractivity contribution in [2.75, 3.05) is 0 Å². The van der Waals surface area contributed by atoms with Crippen molar-refractivity contribution < 1.29 is 0 Å². The van der Waals surface area contributed by atoms with Gasteiger partial charge in [-0.15, -0.1) is 0 Å². The highest BCUT2D eigenvalue weighted by atomic mass is 14.4. The van der Waals surface area contributed by atoms with E-state index in [2.05, 4.69) is 13.0 Å². The molecule has 1 heteroatoms. The van der Waals surface area contributed by atoms with Gasteiger partial charge in [0.05, 0.1) is 11.5 Å². The molecule has 0 bridgehead atoms. The molecule has 0 N–H and O–H groups in total. The van der Waals surface area contributed by atoms with Crippen molar-refractivity contribution in [3.63, 3.8) is 0 Å². The van der Waals surface area contributed by atoms with Gasteiger partial charge in [-0.25, -0.2) is 0 Å². The largest absolute Gasteiger partial charge is 0.198 e. The Balaban J connectivity index is 2.59. The maximum absolute atomic E-state index is 8.77. The van der Waals surface area contributed by atoms with Gasteiger partial charge in [-0.3, -0.25) is 0 Å². The highest BCUT2D eigenvalue weighted by Gasteiger charge is 2.31. The van der Waals surface area contributed by atoms with Crippen LogP contribution in [0.4, 0.5) is 0 Å². The third-order valence-electron chi connectivity index (χ3n) is 2.47. The van der Waals surface area contributed by atoms with E-state index >= 15 is 0 Å². The normalized spacial score (nSPS) is 23.6. The molecule has 0 aromatic rings. The molecule has 1 nitrogen and oxygen atoms in total. The van der Waals surface area contributed by atoms with Crippen LogP contribution in [0.5, 0.6) is 0 Å². The molecule has 0 aromatic carbocycles. The summed E-state index contributed by atoms with van der Waals surface area (Å²) in [5.74, 6) is 0. The Morgan fingerprint density at radius 1 is 1.44 bits per heavy atom. The molecule has 0 saturated heterocycles. The van der Waals surface area contributed by atoms with Crippen LogP contribution >= 0.6 is 0 Å². The summed E-state index contributed by atoms with van der Waals surface area (Å²) < 4.78 is 0. The second kappa shape index (κ2) is 2.39. The van der Waals surface area contributed by atoms with Crippen LogP contribution in [-0.2, 0) is 0 Å². The first kappa shape index (κ1) is 6.61. The van der Waals surface area contributed by atoms with Gasteiger partial charge >= 0.3 is 0 Å². The first-order valence-electron chi connectivity index (χ1n) is 3.74. The first-order chi connectivity index (χ1) is 4.33.